The van der Waals surface area contributed by atoms with Crippen molar-refractivity contribution in [2.75, 3.05) is 6.61 Å². The number of amides is 1. The molecular formula is C12H18N2O6. The van der Waals surface area contributed by atoms with Gasteiger partial charge in [0.25, 0.3) is 0 Å². The maximum Gasteiger partial charge on any atom is 0.326 e. The Morgan fingerprint density at radius 3 is 2.45 bits per heavy atom. The van der Waals surface area contributed by atoms with E-state index in [0.717, 1.165) is 0 Å². The second-order valence-electron chi connectivity index (χ2n) is 5.51. The van der Waals surface area contributed by atoms with Gasteiger partial charge in [-0.2, -0.15) is 0 Å². The number of hydrogen-bond donors (Lipinski definition) is 5. The number of carbonyl (C=O) groups excluding carboxylic acids is 1. The molecule has 5 atom stereocenters. The van der Waals surface area contributed by atoms with E-state index in [1.165, 1.54) is 0 Å². The average Bonchev–Trinajstić information content (AvgIpc) is 3.01. The lowest BCUT2D eigenvalue weighted by Crippen LogP contribution is -2.58. The number of aliphatic hydroxyl groups excluding tert-OH is 1. The van der Waals surface area contributed by atoms with Crippen LogP contribution in [0, 0.1) is 17.8 Å². The van der Waals surface area contributed by atoms with Crippen molar-refractivity contribution in [2.24, 2.45) is 23.5 Å². The number of carbonyl (C=O) groups is 3. The summed E-state index contributed by atoms with van der Waals surface area (Å²) in [7, 11) is 0. The normalized spacial score (nSPS) is 36.0. The molecule has 0 radical (unpaired) electrons. The maximum absolute atomic E-state index is 12.2. The van der Waals surface area contributed by atoms with E-state index in [1.807, 2.05) is 0 Å². The third-order valence-corrected chi connectivity index (χ3v) is 4.38. The molecule has 1 amide bonds. The number of nitrogens with one attached hydrogen (secondary N) is 1. The molecule has 2 saturated carbocycles. The summed E-state index contributed by atoms with van der Waals surface area (Å²) in [5.74, 6) is -3.99. The van der Waals surface area contributed by atoms with E-state index in [-0.39, 0.29) is 18.9 Å². The third-order valence-electron chi connectivity index (χ3n) is 4.38. The molecule has 6 N–H and O–H groups in total. The SMILES string of the molecule is N[C@@]1(C(=O)N[C@@H](CCO)C(=O)O)CC[C@H]2[C@H](C(=O)O)[C@H]21. The fourth-order valence-electron chi connectivity index (χ4n) is 3.29. The highest BCUT2D eigenvalue weighted by molar-refractivity contribution is 5.92. The van der Waals surface area contributed by atoms with Gasteiger partial charge in [0.15, 0.2) is 0 Å². The van der Waals surface area contributed by atoms with E-state index in [1.54, 1.807) is 0 Å². The molecule has 0 aromatic carbocycles. The molecule has 20 heavy (non-hydrogen) atoms. The first-order valence-electron chi connectivity index (χ1n) is 6.49. The molecule has 2 aliphatic carbocycles. The van der Waals surface area contributed by atoms with Crippen molar-refractivity contribution in [3.05, 3.63) is 0 Å². The summed E-state index contributed by atoms with van der Waals surface area (Å²) in [6.07, 6.45) is 0.792. The van der Waals surface area contributed by atoms with Crippen LogP contribution in [0.4, 0.5) is 0 Å². The topological polar surface area (TPSA) is 150 Å². The summed E-state index contributed by atoms with van der Waals surface area (Å²) < 4.78 is 0. The van der Waals surface area contributed by atoms with Gasteiger partial charge < -0.3 is 26.4 Å². The molecule has 2 rings (SSSR count). The van der Waals surface area contributed by atoms with Crippen molar-refractivity contribution in [3.8, 4) is 0 Å². The van der Waals surface area contributed by atoms with Gasteiger partial charge in [0.1, 0.15) is 6.04 Å². The molecule has 0 heterocycles. The molecule has 0 aromatic heterocycles. The van der Waals surface area contributed by atoms with E-state index >= 15 is 0 Å². The molecule has 0 saturated heterocycles. The number of carboxylic acids is 2. The van der Waals surface area contributed by atoms with Gasteiger partial charge in [-0.1, -0.05) is 0 Å². The first kappa shape index (κ1) is 14.7. The molecule has 112 valence electrons. The zero-order chi connectivity index (χ0) is 15.1. The number of aliphatic hydroxyl groups is 1. The quantitative estimate of drug-likeness (QED) is 0.393. The average molecular weight is 286 g/mol. The molecule has 2 aliphatic rings. The smallest absolute Gasteiger partial charge is 0.326 e. The fraction of sp³-hybridized carbons (Fsp3) is 0.750. The van der Waals surface area contributed by atoms with Crippen LogP contribution in [-0.2, 0) is 14.4 Å². The van der Waals surface area contributed by atoms with Gasteiger partial charge in [-0.3, -0.25) is 9.59 Å². The number of fused-ring (bicyclic) bond motifs is 1. The molecule has 0 aromatic rings. The van der Waals surface area contributed by atoms with Gasteiger partial charge in [0.2, 0.25) is 5.91 Å². The van der Waals surface area contributed by atoms with Crippen molar-refractivity contribution in [3.63, 3.8) is 0 Å². The van der Waals surface area contributed by atoms with Gasteiger partial charge in [0.05, 0.1) is 11.5 Å². The lowest BCUT2D eigenvalue weighted by molar-refractivity contribution is -0.144. The van der Waals surface area contributed by atoms with Crippen LogP contribution >= 0.6 is 0 Å². The summed E-state index contributed by atoms with van der Waals surface area (Å²) in [6, 6.07) is -1.21. The van der Waals surface area contributed by atoms with Crippen molar-refractivity contribution < 1.29 is 29.7 Å². The number of rotatable bonds is 6. The lowest BCUT2D eigenvalue weighted by atomic mass is 9.90. The van der Waals surface area contributed by atoms with Crippen LogP contribution in [0.25, 0.3) is 0 Å². The molecule has 0 unspecified atom stereocenters. The van der Waals surface area contributed by atoms with E-state index in [9.17, 15) is 14.4 Å². The predicted octanol–water partition coefficient (Wildman–Crippen LogP) is -1.62. The minimum atomic E-state index is -1.32. The largest absolute Gasteiger partial charge is 0.481 e. The second-order valence-corrected chi connectivity index (χ2v) is 5.51. The number of aliphatic carboxylic acids is 2. The lowest BCUT2D eigenvalue weighted by Gasteiger charge is -2.27. The predicted molar refractivity (Wildman–Crippen MR) is 65.5 cm³/mol. The molecule has 0 spiro atoms. The van der Waals surface area contributed by atoms with Gasteiger partial charge in [0, 0.05) is 18.9 Å². The van der Waals surface area contributed by atoms with Crippen molar-refractivity contribution in [1.82, 2.24) is 5.32 Å². The van der Waals surface area contributed by atoms with Crippen LogP contribution < -0.4 is 11.1 Å². The van der Waals surface area contributed by atoms with Gasteiger partial charge in [-0.05, 0) is 18.8 Å². The van der Waals surface area contributed by atoms with Crippen LogP contribution in [0.5, 0.6) is 0 Å². The Morgan fingerprint density at radius 2 is 2.00 bits per heavy atom. The molecule has 0 bridgehead atoms. The first-order valence-corrected chi connectivity index (χ1v) is 6.49. The maximum atomic E-state index is 12.2. The Hall–Kier alpha value is -1.67. The van der Waals surface area contributed by atoms with Crippen molar-refractivity contribution >= 4 is 17.8 Å². The number of carboxylic acid groups (broad SMARTS) is 2. The fourth-order valence-corrected chi connectivity index (χ4v) is 3.29. The van der Waals surface area contributed by atoms with Crippen molar-refractivity contribution in [2.45, 2.75) is 30.8 Å². The Labute approximate surface area is 114 Å². The van der Waals surface area contributed by atoms with E-state index in [2.05, 4.69) is 5.32 Å². The summed E-state index contributed by atoms with van der Waals surface area (Å²) in [6.45, 7) is -0.376. The Bertz CT molecular complexity index is 453. The van der Waals surface area contributed by atoms with Gasteiger partial charge in [-0.25, -0.2) is 4.79 Å². The van der Waals surface area contributed by atoms with Crippen LogP contribution in [-0.4, -0.2) is 51.4 Å². The standard InChI is InChI=1S/C12H18N2O6/c13-12(3-1-5-7(8(5)12)10(18)19)11(20)14-6(2-4-15)9(16)17/h5-8,15H,1-4,13H2,(H,14,20)(H,16,17)(H,18,19)/t5-,6-,7-,8-,12-/m0/s1. The van der Waals surface area contributed by atoms with Crippen molar-refractivity contribution in [1.29, 1.82) is 0 Å². The molecule has 8 heteroatoms. The minimum Gasteiger partial charge on any atom is -0.481 e. The highest BCUT2D eigenvalue weighted by atomic mass is 16.4. The molecule has 0 aliphatic heterocycles. The summed E-state index contributed by atoms with van der Waals surface area (Å²) >= 11 is 0. The van der Waals surface area contributed by atoms with E-state index < -0.39 is 41.3 Å². The number of hydrogen-bond acceptors (Lipinski definition) is 5. The van der Waals surface area contributed by atoms with Crippen LogP contribution in [0.1, 0.15) is 19.3 Å². The zero-order valence-corrected chi connectivity index (χ0v) is 10.8. The summed E-state index contributed by atoms with van der Waals surface area (Å²) in [5, 5.41) is 29.0. The second kappa shape index (κ2) is 5.02. The Balaban J connectivity index is 2.05. The van der Waals surface area contributed by atoms with E-state index in [0.29, 0.717) is 12.8 Å². The Morgan fingerprint density at radius 1 is 1.35 bits per heavy atom. The van der Waals surface area contributed by atoms with E-state index in [4.69, 9.17) is 21.1 Å². The number of nitrogens with two attached hydrogens (primary N) is 1. The van der Waals surface area contributed by atoms with Crippen LogP contribution in [0.2, 0.25) is 0 Å². The highest BCUT2D eigenvalue weighted by Crippen LogP contribution is 2.61. The summed E-state index contributed by atoms with van der Waals surface area (Å²) in [5.41, 5.74) is 4.71. The third kappa shape index (κ3) is 2.25. The van der Waals surface area contributed by atoms with Gasteiger partial charge in [-0.15, -0.1) is 0 Å². The minimum absolute atomic E-state index is 0.0932. The van der Waals surface area contributed by atoms with Gasteiger partial charge >= 0.3 is 11.9 Å². The molecule has 2 fully saturated rings. The van der Waals surface area contributed by atoms with Crippen LogP contribution in [0.15, 0.2) is 0 Å². The first-order chi connectivity index (χ1) is 9.32. The zero-order valence-electron chi connectivity index (χ0n) is 10.8. The van der Waals surface area contributed by atoms with Crippen LogP contribution in [0.3, 0.4) is 0 Å². The highest BCUT2D eigenvalue weighted by Gasteiger charge is 2.69. The molecular weight excluding hydrogens is 268 g/mol. The monoisotopic (exact) mass is 286 g/mol. The Kier molecular flexibility index (Phi) is 3.70. The summed E-state index contributed by atoms with van der Waals surface area (Å²) in [4.78, 5) is 34.1. The molecule has 8 nitrogen and oxygen atoms in total.